The summed E-state index contributed by atoms with van der Waals surface area (Å²) in [6.45, 7) is 0.0309. The van der Waals surface area contributed by atoms with E-state index in [9.17, 15) is 9.59 Å². The molecule has 3 aromatic rings. The number of hydrogen-bond acceptors (Lipinski definition) is 7. The Morgan fingerprint density at radius 2 is 1.88 bits per heavy atom. The zero-order chi connectivity index (χ0) is 24.2. The van der Waals surface area contributed by atoms with Crippen molar-refractivity contribution in [1.29, 1.82) is 0 Å². The third-order valence-corrected chi connectivity index (χ3v) is 6.51. The van der Waals surface area contributed by atoms with Crippen molar-refractivity contribution in [3.8, 4) is 28.4 Å². The van der Waals surface area contributed by atoms with E-state index in [1.165, 1.54) is 4.90 Å². The Kier molecular flexibility index (Phi) is 6.99. The Morgan fingerprint density at radius 3 is 2.56 bits per heavy atom. The van der Waals surface area contributed by atoms with Gasteiger partial charge < -0.3 is 14.6 Å². The van der Waals surface area contributed by atoms with Crippen LogP contribution in [0.1, 0.15) is 12.0 Å². The van der Waals surface area contributed by atoms with E-state index < -0.39 is 5.97 Å². The lowest BCUT2D eigenvalue weighted by atomic mass is 10.1. The molecule has 2 aromatic carbocycles. The average molecular weight is 496 g/mol. The van der Waals surface area contributed by atoms with Gasteiger partial charge in [0.25, 0.3) is 5.91 Å². The van der Waals surface area contributed by atoms with E-state index in [-0.39, 0.29) is 18.9 Å². The Morgan fingerprint density at radius 1 is 1.15 bits per heavy atom. The molecule has 1 N–H and O–H groups in total. The molecule has 2 heterocycles. The molecule has 0 spiro atoms. The van der Waals surface area contributed by atoms with Gasteiger partial charge in [-0.1, -0.05) is 42.2 Å². The molecule has 1 fully saturated rings. The quantitative estimate of drug-likeness (QED) is 0.367. The topological polar surface area (TPSA) is 93.9 Å². The van der Waals surface area contributed by atoms with Crippen LogP contribution in [0.2, 0.25) is 0 Å². The van der Waals surface area contributed by atoms with Crippen LogP contribution in [-0.2, 0) is 9.59 Å². The minimum atomic E-state index is -0.988. The Labute approximate surface area is 205 Å². The van der Waals surface area contributed by atoms with E-state index in [1.54, 1.807) is 31.0 Å². The molecule has 1 aliphatic rings. The molecule has 0 aliphatic carbocycles. The van der Waals surface area contributed by atoms with Gasteiger partial charge in [0, 0.05) is 23.9 Å². The molecule has 4 rings (SSSR count). The number of nitrogens with zero attached hydrogens (tertiary/aromatic N) is 3. The molecule has 0 radical (unpaired) electrons. The van der Waals surface area contributed by atoms with Gasteiger partial charge in [-0.2, -0.15) is 5.10 Å². The van der Waals surface area contributed by atoms with Crippen LogP contribution in [0.4, 0.5) is 0 Å². The minimum absolute atomic E-state index is 0.0309. The van der Waals surface area contributed by atoms with Gasteiger partial charge in [-0.15, -0.1) is 0 Å². The highest BCUT2D eigenvalue weighted by Gasteiger charge is 2.32. The number of methoxy groups -OCH3 is 2. The fourth-order valence-corrected chi connectivity index (χ4v) is 4.75. The Bertz CT molecular complexity index is 1290. The normalized spacial score (nSPS) is 14.6. The molecule has 174 valence electrons. The van der Waals surface area contributed by atoms with E-state index in [4.69, 9.17) is 31.9 Å². The Hall–Kier alpha value is -3.63. The Balaban J connectivity index is 1.78. The predicted octanol–water partition coefficient (Wildman–Crippen LogP) is 4.23. The summed E-state index contributed by atoms with van der Waals surface area (Å²) in [4.78, 5) is 25.6. The lowest BCUT2D eigenvalue weighted by Crippen LogP contribution is -2.30. The molecule has 10 heteroatoms. The van der Waals surface area contributed by atoms with E-state index in [1.807, 2.05) is 48.7 Å². The van der Waals surface area contributed by atoms with Gasteiger partial charge in [0.1, 0.15) is 10.0 Å². The van der Waals surface area contributed by atoms with E-state index in [2.05, 4.69) is 0 Å². The number of thiocarbonyl (C=S) groups is 1. The fraction of sp³-hybridized carbons (Fsp3) is 0.167. The van der Waals surface area contributed by atoms with E-state index >= 15 is 0 Å². The highest BCUT2D eigenvalue weighted by Crippen LogP contribution is 2.37. The van der Waals surface area contributed by atoms with Gasteiger partial charge in [0.15, 0.2) is 11.5 Å². The van der Waals surface area contributed by atoms with Crippen LogP contribution in [0.15, 0.2) is 59.6 Å². The standard InChI is InChI=1S/C24H21N3O5S2/c1-31-18-9-8-15(12-19(18)32-2)22-16(14-27(25-22)17-6-4-3-5-7-17)13-20-23(30)26(24(33)34-20)11-10-21(28)29/h3-9,12-14H,10-11H2,1-2H3,(H,28,29). The monoisotopic (exact) mass is 495 g/mol. The zero-order valence-electron chi connectivity index (χ0n) is 18.4. The van der Waals surface area contributed by atoms with Gasteiger partial charge >= 0.3 is 5.97 Å². The van der Waals surface area contributed by atoms with Crippen LogP contribution in [0.5, 0.6) is 11.5 Å². The number of carbonyl (C=O) groups is 2. The van der Waals surface area contributed by atoms with Crippen molar-refractivity contribution in [3.63, 3.8) is 0 Å². The number of hydrogen-bond donors (Lipinski definition) is 1. The maximum Gasteiger partial charge on any atom is 0.305 e. The second kappa shape index (κ2) is 10.1. The fourth-order valence-electron chi connectivity index (χ4n) is 3.46. The number of aromatic nitrogens is 2. The molecule has 0 unspecified atom stereocenters. The van der Waals surface area contributed by atoms with Gasteiger partial charge in [-0.25, -0.2) is 4.68 Å². The second-order valence-corrected chi connectivity index (χ2v) is 8.94. The summed E-state index contributed by atoms with van der Waals surface area (Å²) in [7, 11) is 3.13. The summed E-state index contributed by atoms with van der Waals surface area (Å²) in [6, 6.07) is 15.1. The molecule has 34 heavy (non-hydrogen) atoms. The predicted molar refractivity (Wildman–Crippen MR) is 134 cm³/mol. The van der Waals surface area contributed by atoms with Crippen molar-refractivity contribution in [2.75, 3.05) is 20.8 Å². The molecule has 8 nitrogen and oxygen atoms in total. The summed E-state index contributed by atoms with van der Waals surface area (Å²) in [5.41, 5.74) is 2.98. The smallest absolute Gasteiger partial charge is 0.305 e. The summed E-state index contributed by atoms with van der Waals surface area (Å²) >= 11 is 6.46. The van der Waals surface area contributed by atoms with Crippen LogP contribution < -0.4 is 9.47 Å². The highest BCUT2D eigenvalue weighted by molar-refractivity contribution is 8.26. The van der Waals surface area contributed by atoms with Crippen LogP contribution in [0.3, 0.4) is 0 Å². The molecule has 1 aliphatic heterocycles. The highest BCUT2D eigenvalue weighted by atomic mass is 32.2. The molecule has 0 bridgehead atoms. The third kappa shape index (κ3) is 4.82. The minimum Gasteiger partial charge on any atom is -0.493 e. The number of ether oxygens (including phenoxy) is 2. The molecule has 0 saturated carbocycles. The van der Waals surface area contributed by atoms with Crippen molar-refractivity contribution in [1.82, 2.24) is 14.7 Å². The summed E-state index contributed by atoms with van der Waals surface area (Å²) < 4.78 is 12.9. The molecule has 1 aromatic heterocycles. The van der Waals surface area contributed by atoms with Crippen LogP contribution >= 0.6 is 24.0 Å². The van der Waals surface area contributed by atoms with Crippen LogP contribution in [-0.4, -0.2) is 56.7 Å². The molecular weight excluding hydrogens is 474 g/mol. The first kappa shape index (κ1) is 23.5. The summed E-state index contributed by atoms with van der Waals surface area (Å²) in [6.07, 6.45) is 3.40. The third-order valence-electron chi connectivity index (χ3n) is 5.13. The number of para-hydroxylation sites is 1. The van der Waals surface area contributed by atoms with E-state index in [0.29, 0.717) is 32.0 Å². The number of thioether (sulfide) groups is 1. The number of carbonyl (C=O) groups excluding carboxylic acids is 1. The van der Waals surface area contributed by atoms with Crippen molar-refractivity contribution < 1.29 is 24.2 Å². The number of aliphatic carboxylic acids is 1. The SMILES string of the molecule is COc1ccc(-c2nn(-c3ccccc3)cc2C=C2SC(=S)N(CCC(=O)O)C2=O)cc1OC. The first-order chi connectivity index (χ1) is 16.4. The number of benzene rings is 2. The average Bonchev–Trinajstić information content (AvgIpc) is 3.38. The van der Waals surface area contributed by atoms with Gasteiger partial charge in [-0.3, -0.25) is 14.5 Å². The molecule has 1 amide bonds. The van der Waals surface area contributed by atoms with Crippen LogP contribution in [0.25, 0.3) is 23.0 Å². The van der Waals surface area contributed by atoms with Crippen molar-refractivity contribution in [2.24, 2.45) is 0 Å². The zero-order valence-corrected chi connectivity index (χ0v) is 20.1. The number of carboxylic acid groups (broad SMARTS) is 1. The van der Waals surface area contributed by atoms with Crippen molar-refractivity contribution >= 4 is 46.3 Å². The van der Waals surface area contributed by atoms with Gasteiger partial charge in [0.05, 0.1) is 31.2 Å². The second-order valence-electron chi connectivity index (χ2n) is 7.26. The largest absolute Gasteiger partial charge is 0.493 e. The lowest BCUT2D eigenvalue weighted by molar-refractivity contribution is -0.137. The summed E-state index contributed by atoms with van der Waals surface area (Å²) in [5.74, 6) is -0.158. The maximum atomic E-state index is 12.9. The van der Waals surface area contributed by atoms with Crippen molar-refractivity contribution in [3.05, 3.63) is 65.2 Å². The molecular formula is C24H21N3O5S2. The number of carboxylic acids is 1. The first-order valence-electron chi connectivity index (χ1n) is 10.3. The summed E-state index contributed by atoms with van der Waals surface area (Å²) in [5, 5.41) is 13.7. The molecule has 1 saturated heterocycles. The van der Waals surface area contributed by atoms with E-state index in [0.717, 1.165) is 23.0 Å². The number of amides is 1. The molecule has 0 atom stereocenters. The maximum absolute atomic E-state index is 12.9. The van der Waals surface area contributed by atoms with Gasteiger partial charge in [-0.05, 0) is 36.4 Å². The van der Waals surface area contributed by atoms with Crippen LogP contribution in [0, 0.1) is 0 Å². The van der Waals surface area contributed by atoms with Crippen molar-refractivity contribution in [2.45, 2.75) is 6.42 Å². The first-order valence-corrected chi connectivity index (χ1v) is 11.5. The van der Waals surface area contributed by atoms with Gasteiger partial charge in [0.2, 0.25) is 0 Å². The number of rotatable bonds is 8. The lowest BCUT2D eigenvalue weighted by Gasteiger charge is -2.12.